The van der Waals surface area contributed by atoms with E-state index in [0.717, 1.165) is 98.9 Å². The summed E-state index contributed by atoms with van der Waals surface area (Å²) < 4.78 is 26.3. The fraction of sp³-hybridized carbons (Fsp3) is 0.390. The lowest BCUT2D eigenvalue weighted by Gasteiger charge is -2.23. The number of rotatable bonds is 13. The summed E-state index contributed by atoms with van der Waals surface area (Å²) >= 11 is 5.07. The average Bonchev–Trinajstić information content (AvgIpc) is 3.07. The molecule has 0 saturated carbocycles. The minimum atomic E-state index is 0.615. The Kier molecular flexibility index (Phi) is 12.5. The van der Waals surface area contributed by atoms with Crippen molar-refractivity contribution >= 4 is 23.1 Å². The number of benzene rings is 4. The molecular formula is C41H47NO4S. The molecule has 246 valence electrons. The molecule has 0 heterocycles. The van der Waals surface area contributed by atoms with E-state index in [1.165, 1.54) is 0 Å². The minimum Gasteiger partial charge on any atom is -0.493 e. The largest absolute Gasteiger partial charge is 0.493 e. The van der Waals surface area contributed by atoms with Crippen molar-refractivity contribution in [2.75, 3.05) is 26.4 Å². The van der Waals surface area contributed by atoms with E-state index in [1.807, 2.05) is 0 Å². The molecule has 6 heteroatoms. The Labute approximate surface area is 286 Å². The quantitative estimate of drug-likeness (QED) is 0.0938. The van der Waals surface area contributed by atoms with Gasteiger partial charge < -0.3 is 18.9 Å². The van der Waals surface area contributed by atoms with E-state index in [4.69, 9.17) is 31.2 Å². The van der Waals surface area contributed by atoms with Crippen LogP contribution in [0.15, 0.2) is 71.7 Å². The van der Waals surface area contributed by atoms with Gasteiger partial charge in [-0.3, -0.25) is 0 Å². The predicted molar refractivity (Wildman–Crippen MR) is 195 cm³/mol. The molecule has 1 aliphatic rings. The Morgan fingerprint density at radius 1 is 0.489 bits per heavy atom. The van der Waals surface area contributed by atoms with Crippen molar-refractivity contribution in [1.82, 2.24) is 0 Å². The van der Waals surface area contributed by atoms with Gasteiger partial charge in [-0.15, -0.1) is 0 Å². The molecule has 5 rings (SSSR count). The first-order valence-electron chi connectivity index (χ1n) is 17.2. The Morgan fingerprint density at radius 2 is 0.766 bits per heavy atom. The summed E-state index contributed by atoms with van der Waals surface area (Å²) in [5, 5.41) is 2.59. The van der Waals surface area contributed by atoms with Crippen molar-refractivity contribution in [3.8, 4) is 23.0 Å². The molecule has 0 amide bonds. The molecule has 0 spiro atoms. The van der Waals surface area contributed by atoms with Gasteiger partial charge in [-0.1, -0.05) is 82.3 Å². The first-order chi connectivity index (χ1) is 23.1. The van der Waals surface area contributed by atoms with Gasteiger partial charge in [0.25, 0.3) is 0 Å². The van der Waals surface area contributed by atoms with Crippen LogP contribution in [0.5, 0.6) is 23.0 Å². The molecular weight excluding hydrogens is 603 g/mol. The molecule has 0 aromatic heterocycles. The molecule has 5 nitrogen and oxygen atoms in total. The van der Waals surface area contributed by atoms with Crippen LogP contribution >= 0.6 is 12.2 Å². The van der Waals surface area contributed by atoms with Gasteiger partial charge in [0.05, 0.1) is 37.3 Å². The lowest BCUT2D eigenvalue weighted by atomic mass is 9.91. The van der Waals surface area contributed by atoms with Gasteiger partial charge in [-0.2, -0.15) is 4.99 Å². The second-order valence-corrected chi connectivity index (χ2v) is 12.3. The highest BCUT2D eigenvalue weighted by atomic mass is 32.1. The van der Waals surface area contributed by atoms with Crippen molar-refractivity contribution in [1.29, 1.82) is 0 Å². The molecule has 1 aliphatic carbocycles. The van der Waals surface area contributed by atoms with E-state index >= 15 is 0 Å². The highest BCUT2D eigenvalue weighted by Crippen LogP contribution is 2.40. The zero-order valence-electron chi connectivity index (χ0n) is 28.3. The van der Waals surface area contributed by atoms with E-state index < -0.39 is 0 Å². The smallest absolute Gasteiger partial charge is 0.126 e. The van der Waals surface area contributed by atoms with Gasteiger partial charge in [-0.25, -0.2) is 0 Å². The number of nitrogens with zero attached hydrogens (tertiary/aromatic N) is 1. The lowest BCUT2D eigenvalue weighted by Crippen LogP contribution is -2.10. The van der Waals surface area contributed by atoms with Crippen molar-refractivity contribution in [3.63, 3.8) is 0 Å². The van der Waals surface area contributed by atoms with Crippen LogP contribution in [0.25, 0.3) is 0 Å². The van der Waals surface area contributed by atoms with E-state index in [-0.39, 0.29) is 0 Å². The molecule has 0 radical (unpaired) electrons. The summed E-state index contributed by atoms with van der Waals surface area (Å²) in [5.41, 5.74) is 9.67. The Hall–Kier alpha value is -4.12. The van der Waals surface area contributed by atoms with Crippen LogP contribution in [0.1, 0.15) is 97.9 Å². The number of hydrogen-bond acceptors (Lipinski definition) is 6. The normalized spacial score (nSPS) is 12.2. The molecule has 0 aliphatic heterocycles. The van der Waals surface area contributed by atoms with Crippen LogP contribution in [0.2, 0.25) is 0 Å². The molecule has 47 heavy (non-hydrogen) atoms. The Bertz CT molecular complexity index is 1610. The second-order valence-electron chi connectivity index (χ2n) is 12.1. The van der Waals surface area contributed by atoms with Crippen molar-refractivity contribution in [2.24, 2.45) is 4.99 Å². The van der Waals surface area contributed by atoms with Crippen LogP contribution in [-0.2, 0) is 25.7 Å². The first kappa shape index (κ1) is 34.2. The first-order valence-corrected chi connectivity index (χ1v) is 17.6. The lowest BCUT2D eigenvalue weighted by molar-refractivity contribution is 0.304. The highest BCUT2D eigenvalue weighted by molar-refractivity contribution is 7.78. The SMILES string of the molecule is CCCOc1c2cccc1Cc1cccc(c1OCCC)Cc1cc(N=C=S)cc(c1OCCC)Cc1cccc(c1OCCC)C2. The zero-order chi connectivity index (χ0) is 33.0. The summed E-state index contributed by atoms with van der Waals surface area (Å²) in [4.78, 5) is 4.45. The maximum atomic E-state index is 6.58. The molecule has 8 bridgehead atoms. The molecule has 0 saturated heterocycles. The Balaban J connectivity index is 1.80. The summed E-state index contributed by atoms with van der Waals surface area (Å²) in [6, 6.07) is 23.7. The third-order valence-electron chi connectivity index (χ3n) is 8.26. The number of hydrogen-bond donors (Lipinski definition) is 0. The van der Waals surface area contributed by atoms with Gasteiger partial charge in [0, 0.05) is 36.8 Å². The van der Waals surface area contributed by atoms with Gasteiger partial charge in [0.2, 0.25) is 0 Å². The monoisotopic (exact) mass is 649 g/mol. The number of aliphatic imine (C=N–C) groups is 1. The van der Waals surface area contributed by atoms with Crippen molar-refractivity contribution in [2.45, 2.75) is 79.1 Å². The summed E-state index contributed by atoms with van der Waals surface area (Å²) in [6.45, 7) is 11.1. The molecule has 0 N–H and O–H groups in total. The second kappa shape index (κ2) is 17.2. The van der Waals surface area contributed by atoms with Crippen LogP contribution in [-0.4, -0.2) is 31.6 Å². The number of thiocarbonyl (C=S) groups is 1. The van der Waals surface area contributed by atoms with Crippen molar-refractivity contribution in [3.05, 3.63) is 111 Å². The van der Waals surface area contributed by atoms with Crippen LogP contribution < -0.4 is 18.9 Å². The fourth-order valence-electron chi connectivity index (χ4n) is 6.24. The summed E-state index contributed by atoms with van der Waals surface area (Å²) in [7, 11) is 0. The molecule has 4 aromatic rings. The third kappa shape index (κ3) is 8.43. The van der Waals surface area contributed by atoms with E-state index in [2.05, 4.69) is 105 Å². The number of isothiocyanates is 1. The number of fused-ring (bicyclic) bond motifs is 8. The fourth-order valence-corrected chi connectivity index (χ4v) is 6.35. The van der Waals surface area contributed by atoms with Crippen LogP contribution in [0, 0.1) is 0 Å². The molecule has 0 unspecified atom stereocenters. The average molecular weight is 650 g/mol. The van der Waals surface area contributed by atoms with E-state index in [0.29, 0.717) is 52.1 Å². The maximum absolute atomic E-state index is 6.58. The van der Waals surface area contributed by atoms with Gasteiger partial charge >= 0.3 is 0 Å². The van der Waals surface area contributed by atoms with Gasteiger partial charge in [0.15, 0.2) is 0 Å². The minimum absolute atomic E-state index is 0.615. The van der Waals surface area contributed by atoms with E-state index in [1.54, 1.807) is 0 Å². The zero-order valence-corrected chi connectivity index (χ0v) is 29.1. The Morgan fingerprint density at radius 3 is 1.04 bits per heavy atom. The van der Waals surface area contributed by atoms with Crippen LogP contribution in [0.3, 0.4) is 0 Å². The maximum Gasteiger partial charge on any atom is 0.126 e. The molecule has 4 aromatic carbocycles. The molecule has 0 atom stereocenters. The molecule has 0 fully saturated rings. The standard InChI is InChI=1S/C41H47NO4S/c1-5-18-43-38-29-12-9-13-30(38)23-32-15-11-17-34(40(32)45-20-7-3)25-36-27-37(42-28-47)26-35(41(36)46-21-8-4)24-33-16-10-14-31(22-29)39(33)44-19-6-2/h9-17,26-27H,5-8,18-25H2,1-4H3. The number of para-hydroxylation sites is 3. The topological polar surface area (TPSA) is 49.3 Å². The predicted octanol–water partition coefficient (Wildman–Crippen LogP) is 10.3. The van der Waals surface area contributed by atoms with Crippen molar-refractivity contribution < 1.29 is 18.9 Å². The van der Waals surface area contributed by atoms with E-state index in [9.17, 15) is 0 Å². The summed E-state index contributed by atoms with van der Waals surface area (Å²) in [6.07, 6.45) is 6.31. The number of ether oxygens (including phenoxy) is 4. The third-order valence-corrected chi connectivity index (χ3v) is 8.35. The van der Waals surface area contributed by atoms with Crippen LogP contribution in [0.4, 0.5) is 5.69 Å². The highest BCUT2D eigenvalue weighted by Gasteiger charge is 2.22. The summed E-state index contributed by atoms with van der Waals surface area (Å²) in [5.74, 6) is 3.71. The van der Waals surface area contributed by atoms with Gasteiger partial charge in [0.1, 0.15) is 23.0 Å². The van der Waals surface area contributed by atoms with Gasteiger partial charge in [-0.05, 0) is 83.4 Å².